The Morgan fingerprint density at radius 1 is 1.27 bits per heavy atom. The zero-order valence-electron chi connectivity index (χ0n) is 8.41. The lowest BCUT2D eigenvalue weighted by Gasteiger charge is -2.12. The molecule has 2 fully saturated rings. The van der Waals surface area contributed by atoms with Crippen LogP contribution in [-0.2, 0) is 0 Å². The van der Waals surface area contributed by atoms with Crippen LogP contribution < -0.4 is 0 Å². The summed E-state index contributed by atoms with van der Waals surface area (Å²) in [6, 6.07) is 0.515. The van der Waals surface area contributed by atoms with Crippen LogP contribution in [0.2, 0.25) is 0 Å². The Bertz CT molecular complexity index is 352. The van der Waals surface area contributed by atoms with Gasteiger partial charge in [-0.1, -0.05) is 11.8 Å². The number of aliphatic hydroxyl groups excluding tert-OH is 1. The van der Waals surface area contributed by atoms with Gasteiger partial charge in [0.25, 0.3) is 0 Å². The Balaban J connectivity index is 1.72. The highest BCUT2D eigenvalue weighted by molar-refractivity contribution is 7.99. The summed E-state index contributed by atoms with van der Waals surface area (Å²) in [5.74, 6) is 0. The van der Waals surface area contributed by atoms with E-state index in [4.69, 9.17) is 0 Å². The highest BCUT2D eigenvalue weighted by Crippen LogP contribution is 2.39. The molecule has 2 saturated carbocycles. The number of hydrogen-bond acceptors (Lipinski definition) is 5. The molecule has 6 heteroatoms. The topological polar surface area (TPSA) is 63.8 Å². The van der Waals surface area contributed by atoms with Gasteiger partial charge in [0, 0.05) is 5.25 Å². The van der Waals surface area contributed by atoms with Crippen molar-refractivity contribution in [2.75, 3.05) is 0 Å². The van der Waals surface area contributed by atoms with Crippen LogP contribution in [0.25, 0.3) is 0 Å². The summed E-state index contributed by atoms with van der Waals surface area (Å²) in [4.78, 5) is 0. The molecule has 0 aromatic carbocycles. The van der Waals surface area contributed by atoms with Crippen LogP contribution in [0.4, 0.5) is 0 Å². The number of hydrogen-bond donors (Lipinski definition) is 1. The normalized spacial score (nSPS) is 31.0. The molecule has 1 aromatic heterocycles. The Morgan fingerprint density at radius 3 is 2.80 bits per heavy atom. The summed E-state index contributed by atoms with van der Waals surface area (Å²) in [5, 5.41) is 22.6. The predicted octanol–water partition coefficient (Wildman–Crippen LogP) is 1.01. The molecule has 1 aromatic rings. The first-order chi connectivity index (χ1) is 7.34. The van der Waals surface area contributed by atoms with E-state index < -0.39 is 0 Å². The maximum Gasteiger partial charge on any atom is 0.209 e. The second-order valence-corrected chi connectivity index (χ2v) is 5.50. The molecule has 2 aliphatic rings. The van der Waals surface area contributed by atoms with Gasteiger partial charge >= 0.3 is 0 Å². The number of thioether (sulfide) groups is 1. The van der Waals surface area contributed by atoms with E-state index in [1.807, 2.05) is 4.68 Å². The van der Waals surface area contributed by atoms with Gasteiger partial charge in [-0.25, -0.2) is 4.68 Å². The van der Waals surface area contributed by atoms with Crippen LogP contribution >= 0.6 is 11.8 Å². The fourth-order valence-electron chi connectivity index (χ4n) is 1.99. The third kappa shape index (κ3) is 1.88. The zero-order valence-corrected chi connectivity index (χ0v) is 9.23. The fourth-order valence-corrected chi connectivity index (χ4v) is 3.22. The van der Waals surface area contributed by atoms with Crippen LogP contribution in [0, 0.1) is 0 Å². The summed E-state index contributed by atoms with van der Waals surface area (Å²) >= 11 is 1.64. The summed E-state index contributed by atoms with van der Waals surface area (Å²) in [6.07, 6.45) is 5.30. The van der Waals surface area contributed by atoms with Crippen molar-refractivity contribution >= 4 is 11.8 Å². The minimum absolute atomic E-state index is 0.181. The molecule has 0 aliphatic heterocycles. The van der Waals surface area contributed by atoms with E-state index in [0.29, 0.717) is 6.04 Å². The molecule has 2 aliphatic carbocycles. The number of nitrogens with zero attached hydrogens (tertiary/aromatic N) is 4. The first-order valence-electron chi connectivity index (χ1n) is 5.47. The molecule has 3 rings (SSSR count). The van der Waals surface area contributed by atoms with E-state index >= 15 is 0 Å². The number of aromatic nitrogens is 4. The van der Waals surface area contributed by atoms with Crippen molar-refractivity contribution in [2.45, 2.75) is 54.7 Å². The maximum absolute atomic E-state index is 9.73. The smallest absolute Gasteiger partial charge is 0.209 e. The second kappa shape index (κ2) is 3.75. The Hall–Kier alpha value is -0.620. The largest absolute Gasteiger partial charge is 0.392 e. The number of rotatable bonds is 3. The van der Waals surface area contributed by atoms with Gasteiger partial charge < -0.3 is 5.11 Å². The third-order valence-corrected chi connectivity index (χ3v) is 4.36. The van der Waals surface area contributed by atoms with E-state index in [9.17, 15) is 5.11 Å². The predicted molar refractivity (Wildman–Crippen MR) is 55.6 cm³/mol. The molecule has 0 unspecified atom stereocenters. The van der Waals surface area contributed by atoms with Gasteiger partial charge in [0.1, 0.15) is 0 Å². The Kier molecular flexibility index (Phi) is 2.40. The van der Waals surface area contributed by atoms with Gasteiger partial charge in [-0.3, -0.25) is 0 Å². The van der Waals surface area contributed by atoms with Crippen LogP contribution in [0.5, 0.6) is 0 Å². The van der Waals surface area contributed by atoms with Crippen molar-refractivity contribution in [3.05, 3.63) is 0 Å². The van der Waals surface area contributed by atoms with Crippen molar-refractivity contribution in [1.82, 2.24) is 20.2 Å². The SMILES string of the molecule is O[C@@H]1CCC[C@H]1Sc1nnnn1C1CC1. The van der Waals surface area contributed by atoms with E-state index in [0.717, 1.165) is 24.4 Å². The van der Waals surface area contributed by atoms with Crippen LogP contribution in [0.3, 0.4) is 0 Å². The summed E-state index contributed by atoms with van der Waals surface area (Å²) in [6.45, 7) is 0. The van der Waals surface area contributed by atoms with Crippen LogP contribution in [-0.4, -0.2) is 36.7 Å². The lowest BCUT2D eigenvalue weighted by Crippen LogP contribution is -2.16. The third-order valence-electron chi connectivity index (χ3n) is 3.03. The number of aliphatic hydroxyl groups is 1. The summed E-state index contributed by atoms with van der Waals surface area (Å²) < 4.78 is 1.91. The minimum atomic E-state index is -0.181. The lowest BCUT2D eigenvalue weighted by molar-refractivity contribution is 0.188. The molecule has 82 valence electrons. The zero-order chi connectivity index (χ0) is 10.3. The summed E-state index contributed by atoms with van der Waals surface area (Å²) in [5.41, 5.74) is 0. The standard InChI is InChI=1S/C9H14N4OS/c14-7-2-1-3-8(7)15-9-10-11-12-13(9)6-4-5-6/h6-8,14H,1-5H2/t7-,8-/m1/s1. The van der Waals surface area contributed by atoms with Gasteiger partial charge in [-0.2, -0.15) is 0 Å². The summed E-state index contributed by atoms with van der Waals surface area (Å²) in [7, 11) is 0. The molecule has 0 saturated heterocycles. The monoisotopic (exact) mass is 226 g/mol. The van der Waals surface area contributed by atoms with Gasteiger partial charge in [-0.05, 0) is 42.5 Å². The molecule has 0 radical (unpaired) electrons. The molecule has 0 amide bonds. The van der Waals surface area contributed by atoms with Crippen molar-refractivity contribution < 1.29 is 5.11 Å². The van der Waals surface area contributed by atoms with E-state index in [-0.39, 0.29) is 11.4 Å². The molecule has 5 nitrogen and oxygen atoms in total. The molecular weight excluding hydrogens is 212 g/mol. The lowest BCUT2D eigenvalue weighted by atomic mass is 10.3. The first kappa shape index (κ1) is 9.59. The van der Waals surface area contributed by atoms with E-state index in [1.54, 1.807) is 11.8 Å². The molecule has 1 N–H and O–H groups in total. The molecule has 2 atom stereocenters. The fraction of sp³-hybridized carbons (Fsp3) is 0.889. The molecule has 15 heavy (non-hydrogen) atoms. The second-order valence-electron chi connectivity index (χ2n) is 4.29. The van der Waals surface area contributed by atoms with Crippen molar-refractivity contribution in [3.8, 4) is 0 Å². The van der Waals surface area contributed by atoms with Gasteiger partial charge in [-0.15, -0.1) is 5.10 Å². The van der Waals surface area contributed by atoms with Gasteiger partial charge in [0.05, 0.1) is 12.1 Å². The van der Waals surface area contributed by atoms with Crippen LogP contribution in [0.15, 0.2) is 5.16 Å². The van der Waals surface area contributed by atoms with E-state index in [2.05, 4.69) is 15.5 Å². The van der Waals surface area contributed by atoms with Crippen molar-refractivity contribution in [2.24, 2.45) is 0 Å². The molecule has 1 heterocycles. The maximum atomic E-state index is 9.73. The molecular formula is C9H14N4OS. The number of tetrazole rings is 1. The van der Waals surface area contributed by atoms with Gasteiger partial charge in [0.2, 0.25) is 5.16 Å². The minimum Gasteiger partial charge on any atom is -0.392 e. The average molecular weight is 226 g/mol. The Labute approximate surface area is 92.2 Å². The quantitative estimate of drug-likeness (QED) is 0.833. The van der Waals surface area contributed by atoms with Crippen LogP contribution in [0.1, 0.15) is 38.1 Å². The van der Waals surface area contributed by atoms with Gasteiger partial charge in [0.15, 0.2) is 0 Å². The van der Waals surface area contributed by atoms with Crippen molar-refractivity contribution in [1.29, 1.82) is 0 Å². The average Bonchev–Trinajstić information content (AvgIpc) is 2.85. The Morgan fingerprint density at radius 2 is 2.13 bits per heavy atom. The van der Waals surface area contributed by atoms with Crippen molar-refractivity contribution in [3.63, 3.8) is 0 Å². The van der Waals surface area contributed by atoms with E-state index in [1.165, 1.54) is 12.8 Å². The highest BCUT2D eigenvalue weighted by atomic mass is 32.2. The first-order valence-corrected chi connectivity index (χ1v) is 6.35. The highest BCUT2D eigenvalue weighted by Gasteiger charge is 2.32. The molecule has 0 bridgehead atoms. The molecule has 0 spiro atoms.